The molecule has 2 heterocycles. The number of hydrogen-bond acceptors (Lipinski definition) is 4. The molecular formula is C9H11N3O2S. The van der Waals surface area contributed by atoms with Crippen molar-refractivity contribution in [2.45, 2.75) is 18.6 Å². The Hall–Kier alpha value is -1.43. The van der Waals surface area contributed by atoms with Crippen LogP contribution in [0, 0.1) is 0 Å². The molecule has 0 aliphatic carbocycles. The largest absolute Gasteiger partial charge is 0.300 e. The monoisotopic (exact) mass is 225 g/mol. The Balaban J connectivity index is 2.87. The van der Waals surface area contributed by atoms with Crippen molar-refractivity contribution >= 4 is 21.0 Å². The van der Waals surface area contributed by atoms with Gasteiger partial charge in [0.2, 0.25) is 15.0 Å². The summed E-state index contributed by atoms with van der Waals surface area (Å²) in [5.74, 6) is 0. The molecular weight excluding hydrogens is 214 g/mol. The van der Waals surface area contributed by atoms with Crippen molar-refractivity contribution in [2.24, 2.45) is 0 Å². The third-order valence-corrected chi connectivity index (χ3v) is 3.09. The van der Waals surface area contributed by atoms with Gasteiger partial charge in [-0.2, -0.15) is 0 Å². The van der Waals surface area contributed by atoms with Crippen LogP contribution in [-0.4, -0.2) is 29.2 Å². The number of sulfone groups is 1. The lowest BCUT2D eigenvalue weighted by Crippen LogP contribution is -2.08. The van der Waals surface area contributed by atoms with Gasteiger partial charge in [0.25, 0.3) is 0 Å². The quantitative estimate of drug-likeness (QED) is 0.760. The van der Waals surface area contributed by atoms with E-state index < -0.39 is 9.84 Å². The molecule has 0 N–H and O–H groups in total. The first-order chi connectivity index (χ1) is 7.04. The van der Waals surface area contributed by atoms with Crippen molar-refractivity contribution < 1.29 is 8.42 Å². The molecule has 0 bridgehead atoms. The first kappa shape index (κ1) is 10.1. The third kappa shape index (κ3) is 1.61. The predicted molar refractivity (Wildman–Crippen MR) is 56.3 cm³/mol. The minimum Gasteiger partial charge on any atom is -0.300 e. The summed E-state index contributed by atoms with van der Waals surface area (Å²) < 4.78 is 24.5. The van der Waals surface area contributed by atoms with E-state index in [2.05, 4.69) is 9.97 Å². The fourth-order valence-electron chi connectivity index (χ4n) is 1.51. The molecule has 0 unspecified atom stereocenters. The van der Waals surface area contributed by atoms with Gasteiger partial charge >= 0.3 is 0 Å². The molecule has 0 saturated carbocycles. The number of fused-ring (bicyclic) bond motifs is 1. The van der Waals surface area contributed by atoms with Crippen LogP contribution in [0.3, 0.4) is 0 Å². The van der Waals surface area contributed by atoms with Crippen LogP contribution in [0.1, 0.15) is 6.92 Å². The van der Waals surface area contributed by atoms with E-state index in [1.807, 2.05) is 6.92 Å². The fourth-order valence-corrected chi connectivity index (χ4v) is 2.39. The molecule has 0 amide bonds. The average Bonchev–Trinajstić information content (AvgIpc) is 2.55. The minimum atomic E-state index is -3.30. The van der Waals surface area contributed by atoms with Crippen LogP contribution in [0.5, 0.6) is 0 Å². The minimum absolute atomic E-state index is 0.0821. The topological polar surface area (TPSA) is 64.8 Å². The summed E-state index contributed by atoms with van der Waals surface area (Å²) in [4.78, 5) is 8.19. The highest BCUT2D eigenvalue weighted by Crippen LogP contribution is 2.16. The summed E-state index contributed by atoms with van der Waals surface area (Å²) >= 11 is 0. The van der Waals surface area contributed by atoms with Crippen molar-refractivity contribution in [1.82, 2.24) is 14.5 Å². The normalized spacial score (nSPS) is 12.1. The van der Waals surface area contributed by atoms with Gasteiger partial charge in [0, 0.05) is 19.0 Å². The average molecular weight is 225 g/mol. The highest BCUT2D eigenvalue weighted by atomic mass is 32.2. The molecule has 0 aromatic carbocycles. The molecule has 6 heteroatoms. The van der Waals surface area contributed by atoms with E-state index in [1.54, 1.807) is 22.9 Å². The molecule has 0 atom stereocenters. The molecule has 0 radical (unpaired) electrons. The predicted octanol–water partition coefficient (Wildman–Crippen LogP) is 0.855. The molecule has 0 fully saturated rings. The number of aromatic nitrogens is 3. The van der Waals surface area contributed by atoms with Gasteiger partial charge in [0.15, 0.2) is 5.65 Å². The van der Waals surface area contributed by atoms with Crippen molar-refractivity contribution in [3.8, 4) is 0 Å². The highest BCUT2D eigenvalue weighted by Gasteiger charge is 2.18. The number of hydrogen-bond donors (Lipinski definition) is 0. The standard InChI is InChI=1S/C9H11N3O2S/c1-3-12-8-7(5-4-6-10-8)11-9(12)15(2,13)14/h4-6H,3H2,1-2H3. The highest BCUT2D eigenvalue weighted by molar-refractivity contribution is 7.90. The fraction of sp³-hybridized carbons (Fsp3) is 0.333. The first-order valence-corrected chi connectivity index (χ1v) is 6.44. The lowest BCUT2D eigenvalue weighted by molar-refractivity contribution is 0.577. The van der Waals surface area contributed by atoms with Gasteiger partial charge in [-0.1, -0.05) is 0 Å². The number of nitrogens with zero attached hydrogens (tertiary/aromatic N) is 3. The van der Waals surface area contributed by atoms with Crippen molar-refractivity contribution in [3.05, 3.63) is 18.3 Å². The maximum absolute atomic E-state index is 11.5. The molecule has 0 aliphatic heterocycles. The van der Waals surface area contributed by atoms with E-state index in [0.29, 0.717) is 17.7 Å². The molecule has 0 saturated heterocycles. The summed E-state index contributed by atoms with van der Waals surface area (Å²) in [5, 5.41) is 0.0821. The van der Waals surface area contributed by atoms with Gasteiger partial charge in [-0.3, -0.25) is 4.57 Å². The van der Waals surface area contributed by atoms with Gasteiger partial charge in [-0.15, -0.1) is 0 Å². The zero-order chi connectivity index (χ0) is 11.1. The molecule has 5 nitrogen and oxygen atoms in total. The van der Waals surface area contributed by atoms with Crippen LogP contribution in [0.15, 0.2) is 23.5 Å². The Labute approximate surface area is 87.7 Å². The van der Waals surface area contributed by atoms with Gasteiger partial charge in [0.1, 0.15) is 5.52 Å². The molecule has 15 heavy (non-hydrogen) atoms. The summed E-state index contributed by atoms with van der Waals surface area (Å²) in [6.45, 7) is 2.40. The Bertz CT molecular complexity index is 601. The smallest absolute Gasteiger partial charge is 0.229 e. The summed E-state index contributed by atoms with van der Waals surface area (Å²) in [6.07, 6.45) is 2.78. The number of rotatable bonds is 2. The van der Waals surface area contributed by atoms with E-state index in [1.165, 1.54) is 0 Å². The van der Waals surface area contributed by atoms with Crippen LogP contribution in [-0.2, 0) is 16.4 Å². The molecule has 2 aromatic rings. The molecule has 0 spiro atoms. The zero-order valence-electron chi connectivity index (χ0n) is 8.51. The Morgan fingerprint density at radius 1 is 1.47 bits per heavy atom. The number of aryl methyl sites for hydroxylation is 1. The van der Waals surface area contributed by atoms with Gasteiger partial charge in [-0.25, -0.2) is 18.4 Å². The van der Waals surface area contributed by atoms with Crippen LogP contribution in [0.4, 0.5) is 0 Å². The number of imidazole rings is 1. The van der Waals surface area contributed by atoms with E-state index in [0.717, 1.165) is 6.26 Å². The lowest BCUT2D eigenvalue weighted by Gasteiger charge is -2.01. The Morgan fingerprint density at radius 2 is 2.20 bits per heavy atom. The zero-order valence-corrected chi connectivity index (χ0v) is 9.32. The second-order valence-electron chi connectivity index (χ2n) is 3.26. The van der Waals surface area contributed by atoms with Crippen molar-refractivity contribution in [1.29, 1.82) is 0 Å². The van der Waals surface area contributed by atoms with E-state index in [-0.39, 0.29) is 5.16 Å². The van der Waals surface area contributed by atoms with Crippen LogP contribution in [0.2, 0.25) is 0 Å². The lowest BCUT2D eigenvalue weighted by atomic mass is 10.4. The Kier molecular flexibility index (Phi) is 2.22. The molecule has 80 valence electrons. The van der Waals surface area contributed by atoms with Gasteiger partial charge in [0.05, 0.1) is 0 Å². The van der Waals surface area contributed by atoms with Crippen molar-refractivity contribution in [3.63, 3.8) is 0 Å². The van der Waals surface area contributed by atoms with E-state index in [9.17, 15) is 8.42 Å². The van der Waals surface area contributed by atoms with Gasteiger partial charge in [-0.05, 0) is 19.1 Å². The van der Waals surface area contributed by atoms with E-state index >= 15 is 0 Å². The second-order valence-corrected chi connectivity index (χ2v) is 5.17. The van der Waals surface area contributed by atoms with Crippen LogP contribution >= 0.6 is 0 Å². The SMILES string of the molecule is CCn1c(S(C)(=O)=O)nc2cccnc21. The summed E-state index contributed by atoms with van der Waals surface area (Å²) in [5.41, 5.74) is 1.22. The Morgan fingerprint density at radius 3 is 2.80 bits per heavy atom. The van der Waals surface area contributed by atoms with Crippen molar-refractivity contribution in [2.75, 3.05) is 6.26 Å². The second kappa shape index (κ2) is 3.30. The summed E-state index contributed by atoms with van der Waals surface area (Å²) in [6, 6.07) is 3.49. The molecule has 2 rings (SSSR count). The maximum Gasteiger partial charge on any atom is 0.229 e. The van der Waals surface area contributed by atoms with Gasteiger partial charge < -0.3 is 0 Å². The van der Waals surface area contributed by atoms with E-state index in [4.69, 9.17) is 0 Å². The van der Waals surface area contributed by atoms with Crippen LogP contribution in [0.25, 0.3) is 11.2 Å². The van der Waals surface area contributed by atoms with Crippen LogP contribution < -0.4 is 0 Å². The maximum atomic E-state index is 11.5. The first-order valence-electron chi connectivity index (χ1n) is 4.55. The number of pyridine rings is 1. The molecule has 0 aliphatic rings. The molecule has 2 aromatic heterocycles. The summed E-state index contributed by atoms with van der Waals surface area (Å²) in [7, 11) is -3.30. The third-order valence-electron chi connectivity index (χ3n) is 2.12.